The summed E-state index contributed by atoms with van der Waals surface area (Å²) >= 11 is 0. The van der Waals surface area contributed by atoms with Crippen molar-refractivity contribution < 1.29 is 18.9 Å². The third-order valence-electron chi connectivity index (χ3n) is 5.59. The smallest absolute Gasteiger partial charge is 0.326 e. The zero-order valence-electron chi connectivity index (χ0n) is 20.1. The van der Waals surface area contributed by atoms with E-state index < -0.39 is 16.8 Å². The Morgan fingerprint density at radius 3 is 2.22 bits per heavy atom. The van der Waals surface area contributed by atoms with E-state index in [4.69, 9.17) is 0 Å². The molecule has 8 nitrogen and oxygen atoms in total. The Labute approximate surface area is 209 Å². The van der Waals surface area contributed by atoms with Gasteiger partial charge in [-0.25, -0.2) is 9.18 Å². The normalized spacial score (nSPS) is 10.5. The quantitative estimate of drug-likeness (QED) is 0.196. The van der Waals surface area contributed by atoms with E-state index in [1.54, 1.807) is 0 Å². The van der Waals surface area contributed by atoms with E-state index in [0.717, 1.165) is 19.3 Å². The first-order chi connectivity index (χ1) is 17.4. The fourth-order valence-corrected chi connectivity index (χ4v) is 3.57. The fourth-order valence-electron chi connectivity index (χ4n) is 3.57. The summed E-state index contributed by atoms with van der Waals surface area (Å²) in [5.41, 5.74) is 2.54. The predicted octanol–water partition coefficient (Wildman–Crippen LogP) is 5.94. The van der Waals surface area contributed by atoms with Crippen LogP contribution < -0.4 is 15.5 Å². The zero-order chi connectivity index (χ0) is 25.9. The Bertz CT molecular complexity index is 1170. The molecule has 0 bridgehead atoms. The molecule has 3 rings (SSSR count). The Hall–Kier alpha value is -4.27. The number of unbranched alkanes of at least 4 members (excludes halogenated alkanes) is 1. The molecule has 0 radical (unpaired) electrons. The SMILES string of the molecule is CCCCc1ccc(C(=O)NCCCN(C(=O)Nc2ccc([N+](=O)[O-])cc2)c2ccc(F)cc2)cc1. The summed E-state index contributed by atoms with van der Waals surface area (Å²) in [5, 5.41) is 16.4. The number of nitrogens with one attached hydrogen (secondary N) is 2. The molecule has 36 heavy (non-hydrogen) atoms. The van der Waals surface area contributed by atoms with Crippen LogP contribution in [0.1, 0.15) is 42.1 Å². The second-order valence-corrected chi connectivity index (χ2v) is 8.27. The first-order valence-corrected chi connectivity index (χ1v) is 11.8. The summed E-state index contributed by atoms with van der Waals surface area (Å²) in [6, 6.07) is 18.0. The lowest BCUT2D eigenvalue weighted by molar-refractivity contribution is -0.384. The van der Waals surface area contributed by atoms with Crippen molar-refractivity contribution in [3.8, 4) is 0 Å². The van der Waals surface area contributed by atoms with Gasteiger partial charge in [-0.15, -0.1) is 0 Å². The van der Waals surface area contributed by atoms with Crippen LogP contribution in [0.2, 0.25) is 0 Å². The number of hydrogen-bond acceptors (Lipinski definition) is 4. The number of amides is 3. The first kappa shape index (κ1) is 26.3. The molecule has 0 saturated carbocycles. The van der Waals surface area contributed by atoms with Gasteiger partial charge in [-0.05, 0) is 73.4 Å². The molecule has 0 aliphatic carbocycles. The van der Waals surface area contributed by atoms with Crippen LogP contribution in [0.5, 0.6) is 0 Å². The van der Waals surface area contributed by atoms with E-state index in [9.17, 15) is 24.1 Å². The number of halogens is 1. The Morgan fingerprint density at radius 2 is 1.61 bits per heavy atom. The third kappa shape index (κ3) is 7.63. The molecule has 3 aromatic carbocycles. The van der Waals surface area contributed by atoms with E-state index >= 15 is 0 Å². The van der Waals surface area contributed by atoms with Crippen LogP contribution in [0.15, 0.2) is 72.8 Å². The molecular weight excluding hydrogens is 463 g/mol. The number of anilines is 2. The molecule has 0 unspecified atom stereocenters. The molecule has 0 saturated heterocycles. The number of nitro benzene ring substituents is 1. The van der Waals surface area contributed by atoms with Crippen LogP contribution in [0.3, 0.4) is 0 Å². The number of nitro groups is 1. The number of hydrogen-bond donors (Lipinski definition) is 2. The average molecular weight is 493 g/mol. The van der Waals surface area contributed by atoms with E-state index in [-0.39, 0.29) is 18.1 Å². The number of carbonyl (C=O) groups excluding carboxylic acids is 2. The second-order valence-electron chi connectivity index (χ2n) is 8.27. The second kappa shape index (κ2) is 13.0. The standard InChI is InChI=1S/C27H29FN4O4/c1-2-3-5-20-6-8-21(9-7-20)26(33)29-18-4-19-31(24-14-10-22(28)11-15-24)27(34)30-23-12-16-25(17-13-23)32(35)36/h6-17H,2-5,18-19H2,1H3,(H,29,33)(H,30,34). The van der Waals surface area contributed by atoms with Crippen LogP contribution in [0, 0.1) is 15.9 Å². The molecule has 188 valence electrons. The van der Waals surface area contributed by atoms with E-state index in [1.165, 1.54) is 59.0 Å². The number of nitrogens with zero attached hydrogens (tertiary/aromatic N) is 2. The van der Waals surface area contributed by atoms with E-state index in [0.29, 0.717) is 29.9 Å². The largest absolute Gasteiger partial charge is 0.352 e. The highest BCUT2D eigenvalue weighted by Gasteiger charge is 2.17. The number of rotatable bonds is 11. The van der Waals surface area contributed by atoms with Crippen molar-refractivity contribution in [1.29, 1.82) is 0 Å². The summed E-state index contributed by atoms with van der Waals surface area (Å²) < 4.78 is 13.4. The maximum absolute atomic E-state index is 13.4. The van der Waals surface area contributed by atoms with Crippen LogP contribution in [-0.2, 0) is 6.42 Å². The molecule has 0 heterocycles. The molecule has 0 fully saturated rings. The highest BCUT2D eigenvalue weighted by molar-refractivity contribution is 6.01. The zero-order valence-corrected chi connectivity index (χ0v) is 20.1. The molecule has 9 heteroatoms. The molecule has 2 N–H and O–H groups in total. The van der Waals surface area contributed by atoms with Crippen molar-refractivity contribution in [3.63, 3.8) is 0 Å². The number of carbonyl (C=O) groups is 2. The molecule has 3 aromatic rings. The van der Waals surface area contributed by atoms with Gasteiger partial charge in [0.15, 0.2) is 0 Å². The van der Waals surface area contributed by atoms with Gasteiger partial charge in [0, 0.05) is 42.2 Å². The number of benzene rings is 3. The van der Waals surface area contributed by atoms with Gasteiger partial charge in [0.05, 0.1) is 4.92 Å². The topological polar surface area (TPSA) is 105 Å². The molecule has 0 spiro atoms. The van der Waals surface area contributed by atoms with Gasteiger partial charge in [0.1, 0.15) is 5.82 Å². The van der Waals surface area contributed by atoms with E-state index in [2.05, 4.69) is 17.6 Å². The third-order valence-corrected chi connectivity index (χ3v) is 5.59. The van der Waals surface area contributed by atoms with Gasteiger partial charge in [-0.1, -0.05) is 25.5 Å². The summed E-state index contributed by atoms with van der Waals surface area (Å²) in [5.74, 6) is -0.622. The van der Waals surface area contributed by atoms with Crippen molar-refractivity contribution in [2.24, 2.45) is 0 Å². The number of aryl methyl sites for hydroxylation is 1. The lowest BCUT2D eigenvalue weighted by Crippen LogP contribution is -2.37. The maximum atomic E-state index is 13.4. The van der Waals surface area contributed by atoms with Gasteiger partial charge >= 0.3 is 6.03 Å². The fraction of sp³-hybridized carbons (Fsp3) is 0.259. The average Bonchev–Trinajstić information content (AvgIpc) is 2.88. The van der Waals surface area contributed by atoms with Crippen LogP contribution in [0.25, 0.3) is 0 Å². The van der Waals surface area contributed by atoms with Crippen LogP contribution in [0.4, 0.5) is 26.2 Å². The monoisotopic (exact) mass is 492 g/mol. The molecule has 0 atom stereocenters. The summed E-state index contributed by atoms with van der Waals surface area (Å²) in [4.78, 5) is 37.2. The molecule has 0 aromatic heterocycles. The van der Waals surface area contributed by atoms with Gasteiger partial charge in [0.2, 0.25) is 0 Å². The minimum Gasteiger partial charge on any atom is -0.352 e. The Kier molecular flexibility index (Phi) is 9.50. The minimum absolute atomic E-state index is 0.0882. The Morgan fingerprint density at radius 1 is 0.944 bits per heavy atom. The summed E-state index contributed by atoms with van der Waals surface area (Å²) in [7, 11) is 0. The molecule has 0 aliphatic heterocycles. The van der Waals surface area contributed by atoms with Gasteiger partial charge in [0.25, 0.3) is 11.6 Å². The highest BCUT2D eigenvalue weighted by atomic mass is 19.1. The summed E-state index contributed by atoms with van der Waals surface area (Å²) in [6.07, 6.45) is 3.65. The van der Waals surface area contributed by atoms with Gasteiger partial charge < -0.3 is 10.6 Å². The molecule has 3 amide bonds. The van der Waals surface area contributed by atoms with Crippen LogP contribution in [-0.4, -0.2) is 30.0 Å². The number of urea groups is 1. The van der Waals surface area contributed by atoms with Crippen molar-refractivity contribution in [2.45, 2.75) is 32.6 Å². The maximum Gasteiger partial charge on any atom is 0.326 e. The van der Waals surface area contributed by atoms with Crippen molar-refractivity contribution >= 4 is 29.0 Å². The summed E-state index contributed by atoms with van der Waals surface area (Å²) in [6.45, 7) is 2.72. The van der Waals surface area contributed by atoms with Crippen molar-refractivity contribution in [1.82, 2.24) is 5.32 Å². The highest BCUT2D eigenvalue weighted by Crippen LogP contribution is 2.19. The van der Waals surface area contributed by atoms with Crippen molar-refractivity contribution in [2.75, 3.05) is 23.3 Å². The van der Waals surface area contributed by atoms with Crippen molar-refractivity contribution in [3.05, 3.63) is 99.9 Å². The van der Waals surface area contributed by atoms with Crippen LogP contribution >= 0.6 is 0 Å². The van der Waals surface area contributed by atoms with Gasteiger partial charge in [-0.2, -0.15) is 0 Å². The lowest BCUT2D eigenvalue weighted by atomic mass is 10.1. The lowest BCUT2D eigenvalue weighted by Gasteiger charge is -2.23. The molecule has 0 aliphatic rings. The number of non-ortho nitro benzene ring substituents is 1. The minimum atomic E-state index is -0.522. The Balaban J connectivity index is 1.58. The van der Waals surface area contributed by atoms with E-state index in [1.807, 2.05) is 24.3 Å². The first-order valence-electron chi connectivity index (χ1n) is 11.8. The van der Waals surface area contributed by atoms with Gasteiger partial charge in [-0.3, -0.25) is 19.8 Å². The molecular formula is C27H29FN4O4. The predicted molar refractivity (Wildman–Crippen MR) is 138 cm³/mol.